The molecule has 0 amide bonds. The molecule has 0 aliphatic rings. The molecule has 0 aromatic heterocycles. The maximum atomic E-state index is 12.1. The van der Waals surface area contributed by atoms with E-state index in [1.165, 1.54) is 0 Å². The molecular weight excluding hydrogens is 300 g/mol. The van der Waals surface area contributed by atoms with Gasteiger partial charge in [-0.15, -0.1) is 0 Å². The first-order valence-corrected chi connectivity index (χ1v) is 8.97. The van der Waals surface area contributed by atoms with Gasteiger partial charge in [0.05, 0.1) is 18.4 Å². The van der Waals surface area contributed by atoms with Gasteiger partial charge in [-0.25, -0.2) is 13.1 Å². The molecule has 0 heterocycles. The normalized spacial score (nSPS) is 13.4. The van der Waals surface area contributed by atoms with E-state index in [4.69, 9.17) is 10.5 Å². The minimum Gasteiger partial charge on any atom is -0.381 e. The van der Waals surface area contributed by atoms with Crippen LogP contribution in [0.3, 0.4) is 0 Å². The molecule has 3 N–H and O–H groups in total. The highest BCUT2D eigenvalue weighted by Crippen LogP contribution is 2.20. The molecule has 2 aromatic rings. The fourth-order valence-corrected chi connectivity index (χ4v) is 3.39. The molecule has 1 unspecified atom stereocenters. The Morgan fingerprint density at radius 2 is 1.91 bits per heavy atom. The molecule has 22 heavy (non-hydrogen) atoms. The van der Waals surface area contributed by atoms with Crippen molar-refractivity contribution in [3.8, 4) is 0 Å². The van der Waals surface area contributed by atoms with Crippen molar-refractivity contribution in [2.24, 2.45) is 5.73 Å². The lowest BCUT2D eigenvalue weighted by atomic mass is 10.0. The van der Waals surface area contributed by atoms with E-state index >= 15 is 0 Å². The van der Waals surface area contributed by atoms with Crippen LogP contribution >= 0.6 is 0 Å². The van der Waals surface area contributed by atoms with Crippen LogP contribution in [0.15, 0.2) is 42.5 Å². The first kappa shape index (κ1) is 16.9. The summed E-state index contributed by atoms with van der Waals surface area (Å²) in [7, 11) is -3.42. The zero-order valence-electron chi connectivity index (χ0n) is 12.7. The summed E-state index contributed by atoms with van der Waals surface area (Å²) in [6.07, 6.45) is 0. The monoisotopic (exact) mass is 322 g/mol. The zero-order chi connectivity index (χ0) is 16.0. The smallest absolute Gasteiger partial charge is 0.214 e. The summed E-state index contributed by atoms with van der Waals surface area (Å²) >= 11 is 0. The molecule has 0 aliphatic heterocycles. The number of sulfonamides is 1. The average Bonchev–Trinajstić information content (AvgIpc) is 2.52. The molecule has 0 bridgehead atoms. The van der Waals surface area contributed by atoms with Gasteiger partial charge in [-0.1, -0.05) is 36.4 Å². The maximum Gasteiger partial charge on any atom is 0.214 e. The molecule has 0 fully saturated rings. The van der Waals surface area contributed by atoms with Gasteiger partial charge in [0.2, 0.25) is 10.0 Å². The van der Waals surface area contributed by atoms with Crippen molar-refractivity contribution in [3.63, 3.8) is 0 Å². The van der Waals surface area contributed by atoms with Gasteiger partial charge in [0.15, 0.2) is 0 Å². The highest BCUT2D eigenvalue weighted by Gasteiger charge is 2.18. The van der Waals surface area contributed by atoms with Crippen LogP contribution in [0.5, 0.6) is 0 Å². The second kappa shape index (κ2) is 7.69. The molecule has 0 saturated carbocycles. The molecular formula is C16H22N2O3S. The number of benzene rings is 2. The highest BCUT2D eigenvalue weighted by molar-refractivity contribution is 7.89. The third-order valence-corrected chi connectivity index (χ3v) is 4.78. The van der Waals surface area contributed by atoms with Crippen molar-refractivity contribution in [1.29, 1.82) is 0 Å². The third-order valence-electron chi connectivity index (χ3n) is 3.43. The molecule has 2 rings (SSSR count). The van der Waals surface area contributed by atoms with Crippen molar-refractivity contribution in [3.05, 3.63) is 48.0 Å². The summed E-state index contributed by atoms with van der Waals surface area (Å²) < 4.78 is 31.9. The lowest BCUT2D eigenvalue weighted by molar-refractivity contribution is 0.163. The zero-order valence-corrected chi connectivity index (χ0v) is 13.5. The van der Waals surface area contributed by atoms with Gasteiger partial charge in [-0.05, 0) is 29.3 Å². The Kier molecular flexibility index (Phi) is 5.90. The van der Waals surface area contributed by atoms with Crippen molar-refractivity contribution in [2.45, 2.75) is 13.0 Å². The molecule has 5 nitrogen and oxygen atoms in total. The first-order chi connectivity index (χ1) is 10.6. The standard InChI is InChI=1S/C16H22N2O3S/c1-2-21-9-10-22(19,20)18-16(12-17)15-8-7-13-5-3-4-6-14(13)11-15/h3-8,11,16,18H,2,9-10,12,17H2,1H3. The van der Waals surface area contributed by atoms with E-state index in [0.717, 1.165) is 16.3 Å². The van der Waals surface area contributed by atoms with Crippen LogP contribution in [-0.2, 0) is 14.8 Å². The number of fused-ring (bicyclic) bond motifs is 1. The molecule has 1 atom stereocenters. The lowest BCUT2D eigenvalue weighted by Crippen LogP contribution is -2.35. The summed E-state index contributed by atoms with van der Waals surface area (Å²) in [5, 5.41) is 2.17. The van der Waals surface area contributed by atoms with Crippen LogP contribution in [0, 0.1) is 0 Å². The summed E-state index contributed by atoms with van der Waals surface area (Å²) in [6, 6.07) is 13.4. The van der Waals surface area contributed by atoms with Gasteiger partial charge in [-0.3, -0.25) is 0 Å². The van der Waals surface area contributed by atoms with Crippen LogP contribution in [0.1, 0.15) is 18.5 Å². The number of nitrogens with one attached hydrogen (secondary N) is 1. The number of hydrogen-bond acceptors (Lipinski definition) is 4. The predicted octanol–water partition coefficient (Wildman–Crippen LogP) is 1.80. The third kappa shape index (κ3) is 4.51. The molecule has 0 radical (unpaired) electrons. The SMILES string of the molecule is CCOCCS(=O)(=O)NC(CN)c1ccc2ccccc2c1. The Morgan fingerprint density at radius 3 is 2.59 bits per heavy atom. The van der Waals surface area contributed by atoms with Crippen molar-refractivity contribution < 1.29 is 13.2 Å². The number of rotatable bonds is 8. The molecule has 2 aromatic carbocycles. The molecule has 120 valence electrons. The topological polar surface area (TPSA) is 81.4 Å². The van der Waals surface area contributed by atoms with Gasteiger partial charge in [0.25, 0.3) is 0 Å². The molecule has 0 saturated heterocycles. The quantitative estimate of drug-likeness (QED) is 0.726. The summed E-state index contributed by atoms with van der Waals surface area (Å²) in [4.78, 5) is 0. The molecule has 6 heteroatoms. The van der Waals surface area contributed by atoms with E-state index in [0.29, 0.717) is 6.61 Å². The summed E-state index contributed by atoms with van der Waals surface area (Å²) in [5.74, 6) is -0.0646. The van der Waals surface area contributed by atoms with E-state index < -0.39 is 16.1 Å². The van der Waals surface area contributed by atoms with Crippen LogP contribution in [0.4, 0.5) is 0 Å². The second-order valence-electron chi connectivity index (χ2n) is 5.03. The van der Waals surface area contributed by atoms with Crippen molar-refractivity contribution in [2.75, 3.05) is 25.5 Å². The van der Waals surface area contributed by atoms with E-state index in [1.807, 2.05) is 49.4 Å². The van der Waals surface area contributed by atoms with Crippen molar-refractivity contribution in [1.82, 2.24) is 4.72 Å². The Bertz CT molecular complexity index is 716. The van der Waals surface area contributed by atoms with Crippen LogP contribution in [-0.4, -0.2) is 33.9 Å². The summed E-state index contributed by atoms with van der Waals surface area (Å²) in [6.45, 7) is 2.71. The first-order valence-electron chi connectivity index (χ1n) is 7.32. The Balaban J connectivity index is 2.15. The van der Waals surface area contributed by atoms with E-state index in [-0.39, 0.29) is 18.9 Å². The van der Waals surface area contributed by atoms with E-state index in [1.54, 1.807) is 0 Å². The second-order valence-corrected chi connectivity index (χ2v) is 6.90. The summed E-state index contributed by atoms with van der Waals surface area (Å²) in [5.41, 5.74) is 6.61. The highest BCUT2D eigenvalue weighted by atomic mass is 32.2. The maximum absolute atomic E-state index is 12.1. The van der Waals surface area contributed by atoms with Gasteiger partial charge in [0.1, 0.15) is 0 Å². The van der Waals surface area contributed by atoms with Crippen molar-refractivity contribution >= 4 is 20.8 Å². The van der Waals surface area contributed by atoms with Crippen LogP contribution in [0.2, 0.25) is 0 Å². The van der Waals surface area contributed by atoms with E-state index in [9.17, 15) is 8.42 Å². The predicted molar refractivity (Wildman–Crippen MR) is 89.2 cm³/mol. The van der Waals surface area contributed by atoms with Crippen LogP contribution < -0.4 is 10.5 Å². The largest absolute Gasteiger partial charge is 0.381 e. The Morgan fingerprint density at radius 1 is 1.18 bits per heavy atom. The van der Waals surface area contributed by atoms with Gasteiger partial charge in [0, 0.05) is 13.2 Å². The molecule has 0 aliphatic carbocycles. The van der Waals surface area contributed by atoms with Gasteiger partial charge >= 0.3 is 0 Å². The fraction of sp³-hybridized carbons (Fsp3) is 0.375. The molecule has 0 spiro atoms. The number of hydrogen-bond donors (Lipinski definition) is 2. The number of ether oxygens (including phenoxy) is 1. The van der Waals surface area contributed by atoms with Gasteiger partial charge < -0.3 is 10.5 Å². The van der Waals surface area contributed by atoms with Crippen LogP contribution in [0.25, 0.3) is 10.8 Å². The van der Waals surface area contributed by atoms with Gasteiger partial charge in [-0.2, -0.15) is 0 Å². The average molecular weight is 322 g/mol. The Hall–Kier alpha value is -1.47. The minimum atomic E-state index is -3.42. The fourth-order valence-electron chi connectivity index (χ4n) is 2.27. The Labute approximate surface area is 131 Å². The number of nitrogens with two attached hydrogens (primary N) is 1. The minimum absolute atomic E-state index is 0.0646. The van der Waals surface area contributed by atoms with E-state index in [2.05, 4.69) is 4.72 Å². The lowest BCUT2D eigenvalue weighted by Gasteiger charge is -2.18.